The van der Waals surface area contributed by atoms with Gasteiger partial charge >= 0.3 is 11.3 Å². The lowest BCUT2D eigenvalue weighted by molar-refractivity contribution is -0.327. The monoisotopic (exact) mass is 506 g/mol. The van der Waals surface area contributed by atoms with E-state index in [9.17, 15) is 24.9 Å². The van der Waals surface area contributed by atoms with Crippen LogP contribution in [0.25, 0.3) is 32.7 Å². The molecule has 5 atom stereocenters. The highest BCUT2D eigenvalue weighted by Gasteiger charge is 2.45. The van der Waals surface area contributed by atoms with Gasteiger partial charge in [0.05, 0.1) is 32.1 Å². The Balaban J connectivity index is 1.78. The van der Waals surface area contributed by atoms with E-state index in [0.29, 0.717) is 0 Å². The third-order valence-corrected chi connectivity index (χ3v) is 6.11. The van der Waals surface area contributed by atoms with E-state index in [0.717, 1.165) is 0 Å². The van der Waals surface area contributed by atoms with Gasteiger partial charge < -0.3 is 52.6 Å². The van der Waals surface area contributed by atoms with Crippen LogP contribution in [0.15, 0.2) is 30.6 Å². The molecule has 1 saturated heterocycles. The van der Waals surface area contributed by atoms with Crippen LogP contribution < -0.4 is 30.2 Å². The summed E-state index contributed by atoms with van der Waals surface area (Å²) in [5, 5.41) is 31.0. The van der Waals surface area contributed by atoms with Crippen molar-refractivity contribution in [3.63, 3.8) is 0 Å². The number of aliphatic hydroxyl groups excluding tert-OH is 3. The Bertz CT molecular complexity index is 1550. The Morgan fingerprint density at radius 3 is 1.69 bits per heavy atom. The fraction of sp³-hybridized carbons (Fsp3) is 0.391. The maximum absolute atomic E-state index is 13.1. The minimum Gasteiger partial charge on any atom is -0.493 e. The third-order valence-electron chi connectivity index (χ3n) is 6.11. The largest absolute Gasteiger partial charge is 0.493 e. The summed E-state index contributed by atoms with van der Waals surface area (Å²) in [5.74, 6) is -0.0156. The van der Waals surface area contributed by atoms with Crippen LogP contribution in [0.4, 0.5) is 0 Å². The Hall–Kier alpha value is -3.62. The number of aliphatic hydroxyl groups is 3. The van der Waals surface area contributed by atoms with Crippen LogP contribution in [0.2, 0.25) is 0 Å². The van der Waals surface area contributed by atoms with Crippen LogP contribution in [0.3, 0.4) is 0 Å². The van der Waals surface area contributed by atoms with Gasteiger partial charge in [-0.25, -0.2) is 9.59 Å². The van der Waals surface area contributed by atoms with Crippen LogP contribution in [0, 0.1) is 0 Å². The second-order valence-corrected chi connectivity index (χ2v) is 8.00. The van der Waals surface area contributed by atoms with Gasteiger partial charge in [0.15, 0.2) is 29.0 Å². The molecule has 2 aromatic heterocycles. The number of hydrogen-bond acceptors (Lipinski definition) is 13. The van der Waals surface area contributed by atoms with Gasteiger partial charge in [0.25, 0.3) is 0 Å². The van der Waals surface area contributed by atoms with Crippen LogP contribution in [-0.2, 0) is 9.47 Å². The Kier molecular flexibility index (Phi) is 5.89. The number of rotatable bonds is 6. The van der Waals surface area contributed by atoms with Crippen molar-refractivity contribution >= 4 is 32.7 Å². The van der Waals surface area contributed by atoms with E-state index in [2.05, 4.69) is 0 Å². The van der Waals surface area contributed by atoms with Crippen LogP contribution >= 0.6 is 0 Å². The zero-order chi connectivity index (χ0) is 25.9. The van der Waals surface area contributed by atoms with E-state index in [4.69, 9.17) is 37.3 Å². The molecule has 36 heavy (non-hydrogen) atoms. The molecule has 3 heterocycles. The highest BCUT2D eigenvalue weighted by Crippen LogP contribution is 2.46. The fourth-order valence-electron chi connectivity index (χ4n) is 4.40. The van der Waals surface area contributed by atoms with Crippen molar-refractivity contribution in [3.8, 4) is 23.0 Å². The van der Waals surface area contributed by atoms with Gasteiger partial charge in [-0.05, 0) is 12.1 Å². The van der Waals surface area contributed by atoms with E-state index in [-0.39, 0.29) is 55.7 Å². The molecular weight excluding hydrogens is 484 g/mol. The fourth-order valence-corrected chi connectivity index (χ4v) is 4.40. The molecule has 0 amide bonds. The van der Waals surface area contributed by atoms with Crippen molar-refractivity contribution in [1.29, 1.82) is 0 Å². The first-order chi connectivity index (χ1) is 17.2. The Labute approximate surface area is 201 Å². The number of hydrogen-bond donors (Lipinski definition) is 3. The molecule has 1 fully saturated rings. The van der Waals surface area contributed by atoms with E-state index in [1.807, 2.05) is 0 Å². The zero-order valence-electron chi connectivity index (χ0n) is 19.5. The number of methoxy groups -OCH3 is 4. The quantitative estimate of drug-likeness (QED) is 0.241. The first kappa shape index (κ1) is 24.1. The van der Waals surface area contributed by atoms with Gasteiger partial charge in [-0.1, -0.05) is 0 Å². The van der Waals surface area contributed by atoms with E-state index < -0.39 is 42.1 Å². The normalized spacial score (nSPS) is 24.5. The Morgan fingerprint density at radius 1 is 0.694 bits per heavy atom. The summed E-state index contributed by atoms with van der Waals surface area (Å²) in [5.41, 5.74) is -1.77. The summed E-state index contributed by atoms with van der Waals surface area (Å²) in [6, 6.07) is 2.67. The second kappa shape index (κ2) is 8.80. The second-order valence-electron chi connectivity index (χ2n) is 8.00. The predicted octanol–water partition coefficient (Wildman–Crippen LogP) is 0.306. The van der Waals surface area contributed by atoms with Gasteiger partial charge in [-0.3, -0.25) is 0 Å². The highest BCUT2D eigenvalue weighted by atomic mass is 16.8. The van der Waals surface area contributed by atoms with E-state index in [1.54, 1.807) is 0 Å². The summed E-state index contributed by atoms with van der Waals surface area (Å²) < 4.78 is 43.3. The van der Waals surface area contributed by atoms with Crippen molar-refractivity contribution in [1.82, 2.24) is 0 Å². The lowest BCUT2D eigenvalue weighted by Crippen LogP contribution is -2.59. The van der Waals surface area contributed by atoms with Gasteiger partial charge in [-0.2, -0.15) is 0 Å². The first-order valence-corrected chi connectivity index (χ1v) is 10.6. The summed E-state index contributed by atoms with van der Waals surface area (Å²) in [4.78, 5) is 26.0. The molecule has 0 aliphatic carbocycles. The lowest BCUT2D eigenvalue weighted by atomic mass is 10.0. The highest BCUT2D eigenvalue weighted by molar-refractivity contribution is 6.22. The number of ether oxygens (including phenoxy) is 6. The van der Waals surface area contributed by atoms with Gasteiger partial charge in [0.2, 0.25) is 17.8 Å². The molecule has 0 unspecified atom stereocenters. The van der Waals surface area contributed by atoms with Crippen LogP contribution in [-0.4, -0.2) is 74.7 Å². The summed E-state index contributed by atoms with van der Waals surface area (Å²) in [6.45, 7) is 0. The van der Waals surface area contributed by atoms with Crippen molar-refractivity contribution in [2.75, 3.05) is 28.4 Å². The molecule has 13 nitrogen and oxygen atoms in total. The Morgan fingerprint density at radius 2 is 1.19 bits per heavy atom. The van der Waals surface area contributed by atoms with Crippen molar-refractivity contribution < 1.29 is 52.6 Å². The average molecular weight is 506 g/mol. The molecule has 5 rings (SSSR count). The van der Waals surface area contributed by atoms with E-state index in [1.165, 1.54) is 40.6 Å². The van der Waals surface area contributed by atoms with Gasteiger partial charge in [0.1, 0.15) is 18.3 Å². The molecule has 13 heteroatoms. The first-order valence-electron chi connectivity index (χ1n) is 10.6. The SMILES string of the molecule is COc1cc2c(=O)oc3c(OC)c(O[C@@H]4O[C@H](OC)[C@@H](O)[C@H](O)[C@@H]4O)cc4c(=O)oc(c1OC)c2c34. The molecule has 1 aliphatic heterocycles. The average Bonchev–Trinajstić information content (AvgIpc) is 2.87. The molecule has 0 spiro atoms. The molecule has 192 valence electrons. The minimum absolute atomic E-state index is 0.0240. The lowest BCUT2D eigenvalue weighted by Gasteiger charge is -2.39. The maximum atomic E-state index is 13.1. The molecule has 0 radical (unpaired) electrons. The van der Waals surface area contributed by atoms with Gasteiger partial charge in [0, 0.05) is 17.9 Å². The van der Waals surface area contributed by atoms with E-state index >= 15 is 0 Å². The van der Waals surface area contributed by atoms with Crippen LogP contribution in [0.1, 0.15) is 0 Å². The zero-order valence-corrected chi connectivity index (χ0v) is 19.5. The minimum atomic E-state index is -1.71. The molecule has 2 aromatic carbocycles. The third kappa shape index (κ3) is 3.36. The smallest absolute Gasteiger partial charge is 0.344 e. The molecule has 0 bridgehead atoms. The molecule has 0 saturated carbocycles. The van der Waals surface area contributed by atoms with Crippen LogP contribution in [0.5, 0.6) is 23.0 Å². The number of benzene rings is 2. The predicted molar refractivity (Wildman–Crippen MR) is 121 cm³/mol. The van der Waals surface area contributed by atoms with Crippen molar-refractivity contribution in [2.45, 2.75) is 30.9 Å². The summed E-state index contributed by atoms with van der Waals surface area (Å²) in [7, 11) is 5.23. The van der Waals surface area contributed by atoms with Crippen molar-refractivity contribution in [3.05, 3.63) is 33.0 Å². The summed E-state index contributed by atoms with van der Waals surface area (Å²) in [6.07, 6.45) is -7.81. The maximum Gasteiger partial charge on any atom is 0.344 e. The molecule has 4 aromatic rings. The standard InChI is InChI=1S/C23H22O13/c1-29-9-5-7-11-12-8(21(28)34-18(11)16(9)30-2)6-10(17(31-3)19(12)35-20(7)27)33-23-15(26)13(24)14(25)22(32-4)36-23/h5-6,13-15,22-26H,1-4H3/t13-,14-,15-,22-,23+/m0/s1. The summed E-state index contributed by atoms with van der Waals surface area (Å²) >= 11 is 0. The molecule has 1 aliphatic rings. The molecular formula is C23H22O13. The molecule has 3 N–H and O–H groups in total. The van der Waals surface area contributed by atoms with Crippen molar-refractivity contribution in [2.24, 2.45) is 0 Å². The topological polar surface area (TPSA) is 176 Å². The van der Waals surface area contributed by atoms with Gasteiger partial charge in [-0.15, -0.1) is 0 Å².